The van der Waals surface area contributed by atoms with Gasteiger partial charge in [-0.2, -0.15) is 5.10 Å². The molecule has 0 aliphatic carbocycles. The number of hydrazone groups is 1. The van der Waals surface area contributed by atoms with Crippen LogP contribution in [0.5, 0.6) is 0 Å². The molecule has 0 aliphatic rings. The molecule has 29 heavy (non-hydrogen) atoms. The average molecular weight is 405 g/mol. The molecule has 1 N–H and O–H groups in total. The van der Waals surface area contributed by atoms with E-state index in [1.165, 1.54) is 24.0 Å². The minimum atomic E-state index is -0.415. The van der Waals surface area contributed by atoms with Gasteiger partial charge in [0.1, 0.15) is 0 Å². The summed E-state index contributed by atoms with van der Waals surface area (Å²) in [6, 6.07) is 22.0. The SMILES string of the molecule is Cc1ccc(Sc2ccc(/C=N\NC(=O)Cc3ccccc3)cc2[N+](=O)[O-])cc1. The quantitative estimate of drug-likeness (QED) is 0.349. The maximum atomic E-state index is 11.9. The van der Waals surface area contributed by atoms with E-state index in [-0.39, 0.29) is 18.0 Å². The van der Waals surface area contributed by atoms with Gasteiger partial charge in [0, 0.05) is 16.5 Å². The highest BCUT2D eigenvalue weighted by atomic mass is 32.2. The fraction of sp³-hybridized carbons (Fsp3) is 0.0909. The number of rotatable bonds is 7. The van der Waals surface area contributed by atoms with Gasteiger partial charge in [-0.1, -0.05) is 65.9 Å². The third-order valence-electron chi connectivity index (χ3n) is 4.04. The Balaban J connectivity index is 1.67. The second-order valence-electron chi connectivity index (χ2n) is 6.35. The molecule has 0 saturated carbocycles. The van der Waals surface area contributed by atoms with E-state index in [1.54, 1.807) is 12.1 Å². The molecule has 0 aliphatic heterocycles. The third-order valence-corrected chi connectivity index (χ3v) is 5.11. The van der Waals surface area contributed by atoms with Gasteiger partial charge in [-0.05, 0) is 30.7 Å². The molecule has 0 saturated heterocycles. The predicted molar refractivity (Wildman–Crippen MR) is 114 cm³/mol. The third kappa shape index (κ3) is 6.02. The Bertz CT molecular complexity index is 1030. The van der Waals surface area contributed by atoms with Crippen LogP contribution < -0.4 is 5.43 Å². The van der Waals surface area contributed by atoms with Crippen LogP contribution in [0.15, 0.2) is 87.7 Å². The molecular weight excluding hydrogens is 386 g/mol. The van der Waals surface area contributed by atoms with Crippen molar-refractivity contribution in [3.63, 3.8) is 0 Å². The van der Waals surface area contributed by atoms with Crippen molar-refractivity contribution in [2.45, 2.75) is 23.1 Å². The Kier molecular flexibility index (Phi) is 6.76. The van der Waals surface area contributed by atoms with Crippen molar-refractivity contribution < 1.29 is 9.72 Å². The fourth-order valence-corrected chi connectivity index (χ4v) is 3.48. The normalized spacial score (nSPS) is 10.8. The Labute approximate surface area is 172 Å². The van der Waals surface area contributed by atoms with Gasteiger partial charge in [0.2, 0.25) is 5.91 Å². The summed E-state index contributed by atoms with van der Waals surface area (Å²) in [5.74, 6) is -0.256. The number of nitrogens with one attached hydrogen (secondary N) is 1. The summed E-state index contributed by atoms with van der Waals surface area (Å²) in [4.78, 5) is 24.5. The Morgan fingerprint density at radius 1 is 1.10 bits per heavy atom. The van der Waals surface area contributed by atoms with Gasteiger partial charge in [0.25, 0.3) is 5.69 Å². The topological polar surface area (TPSA) is 84.6 Å². The van der Waals surface area contributed by atoms with Gasteiger partial charge >= 0.3 is 0 Å². The largest absolute Gasteiger partial charge is 0.283 e. The second-order valence-corrected chi connectivity index (χ2v) is 7.47. The van der Waals surface area contributed by atoms with Gasteiger partial charge < -0.3 is 0 Å². The molecule has 0 aromatic heterocycles. The van der Waals surface area contributed by atoms with E-state index in [0.717, 1.165) is 16.0 Å². The highest BCUT2D eigenvalue weighted by Gasteiger charge is 2.15. The predicted octanol–water partition coefficient (Wildman–Crippen LogP) is 4.75. The molecule has 0 fully saturated rings. The zero-order chi connectivity index (χ0) is 20.6. The molecule has 3 aromatic rings. The van der Waals surface area contributed by atoms with Gasteiger partial charge in [-0.3, -0.25) is 14.9 Å². The van der Waals surface area contributed by atoms with Crippen LogP contribution in [0, 0.1) is 17.0 Å². The van der Waals surface area contributed by atoms with E-state index >= 15 is 0 Å². The van der Waals surface area contributed by atoms with Gasteiger partial charge in [0.05, 0.1) is 22.5 Å². The lowest BCUT2D eigenvalue weighted by Gasteiger charge is -2.05. The van der Waals surface area contributed by atoms with Crippen LogP contribution in [0.1, 0.15) is 16.7 Å². The van der Waals surface area contributed by atoms with Crippen molar-refractivity contribution in [2.75, 3.05) is 0 Å². The summed E-state index contributed by atoms with van der Waals surface area (Å²) in [5.41, 5.74) is 4.98. The summed E-state index contributed by atoms with van der Waals surface area (Å²) in [5, 5.41) is 15.4. The zero-order valence-electron chi connectivity index (χ0n) is 15.7. The monoisotopic (exact) mass is 405 g/mol. The summed E-state index contributed by atoms with van der Waals surface area (Å²) in [6.07, 6.45) is 1.61. The minimum Gasteiger partial charge on any atom is -0.273 e. The van der Waals surface area contributed by atoms with E-state index in [2.05, 4.69) is 10.5 Å². The van der Waals surface area contributed by atoms with Crippen LogP contribution in [0.4, 0.5) is 5.69 Å². The van der Waals surface area contributed by atoms with E-state index in [4.69, 9.17) is 0 Å². The van der Waals surface area contributed by atoms with Crippen molar-refractivity contribution in [2.24, 2.45) is 5.10 Å². The molecule has 146 valence electrons. The first kappa shape index (κ1) is 20.3. The molecule has 0 heterocycles. The van der Waals surface area contributed by atoms with E-state index < -0.39 is 4.92 Å². The summed E-state index contributed by atoms with van der Waals surface area (Å²) >= 11 is 1.33. The maximum Gasteiger partial charge on any atom is 0.283 e. The van der Waals surface area contributed by atoms with Crippen LogP contribution in [0.3, 0.4) is 0 Å². The van der Waals surface area contributed by atoms with Crippen molar-refractivity contribution in [1.82, 2.24) is 5.43 Å². The second kappa shape index (κ2) is 9.66. The van der Waals surface area contributed by atoms with Gasteiger partial charge in [-0.25, -0.2) is 5.43 Å². The summed E-state index contributed by atoms with van der Waals surface area (Å²) in [7, 11) is 0. The first-order valence-electron chi connectivity index (χ1n) is 8.90. The number of carbonyl (C=O) groups is 1. The van der Waals surface area contributed by atoms with E-state index in [1.807, 2.05) is 61.5 Å². The highest BCUT2D eigenvalue weighted by molar-refractivity contribution is 7.99. The standard InChI is InChI=1S/C22H19N3O3S/c1-16-7-10-19(11-8-16)29-21-12-9-18(13-20(21)25(27)28)15-23-24-22(26)14-17-5-3-2-4-6-17/h2-13,15H,14H2,1H3,(H,24,26)/b23-15-. The van der Waals surface area contributed by atoms with Crippen molar-refractivity contribution in [3.8, 4) is 0 Å². The molecule has 0 unspecified atom stereocenters. The lowest BCUT2D eigenvalue weighted by Crippen LogP contribution is -2.19. The van der Waals surface area contributed by atoms with Crippen molar-refractivity contribution in [1.29, 1.82) is 0 Å². The first-order chi connectivity index (χ1) is 14.0. The molecular formula is C22H19N3O3S. The Hall–Kier alpha value is -3.45. The van der Waals surface area contributed by atoms with E-state index in [0.29, 0.717) is 10.5 Å². The molecule has 0 radical (unpaired) electrons. The lowest BCUT2D eigenvalue weighted by atomic mass is 10.1. The van der Waals surface area contributed by atoms with Crippen LogP contribution >= 0.6 is 11.8 Å². The molecule has 1 amide bonds. The van der Waals surface area contributed by atoms with Gasteiger partial charge in [-0.15, -0.1) is 0 Å². The average Bonchev–Trinajstić information content (AvgIpc) is 2.71. The molecule has 3 aromatic carbocycles. The Morgan fingerprint density at radius 3 is 2.52 bits per heavy atom. The van der Waals surface area contributed by atoms with Crippen LogP contribution in [0.25, 0.3) is 0 Å². The Morgan fingerprint density at radius 2 is 1.83 bits per heavy atom. The number of benzene rings is 3. The number of nitrogens with zero attached hydrogens (tertiary/aromatic N) is 2. The summed E-state index contributed by atoms with van der Waals surface area (Å²) < 4.78 is 0. The van der Waals surface area contributed by atoms with Gasteiger partial charge in [0.15, 0.2) is 0 Å². The van der Waals surface area contributed by atoms with Crippen LogP contribution in [-0.2, 0) is 11.2 Å². The number of carbonyl (C=O) groups excluding carboxylic acids is 1. The molecule has 7 heteroatoms. The zero-order valence-corrected chi connectivity index (χ0v) is 16.6. The molecule has 6 nitrogen and oxygen atoms in total. The minimum absolute atomic E-state index is 0.00450. The molecule has 0 bridgehead atoms. The number of nitro benzene ring substituents is 1. The smallest absolute Gasteiger partial charge is 0.273 e. The maximum absolute atomic E-state index is 11.9. The molecule has 0 atom stereocenters. The number of nitro groups is 1. The molecule has 0 spiro atoms. The number of hydrogen-bond donors (Lipinski definition) is 1. The number of aryl methyl sites for hydroxylation is 1. The first-order valence-corrected chi connectivity index (χ1v) is 9.72. The highest BCUT2D eigenvalue weighted by Crippen LogP contribution is 2.35. The number of amides is 1. The van der Waals surface area contributed by atoms with Crippen LogP contribution in [0.2, 0.25) is 0 Å². The van der Waals surface area contributed by atoms with E-state index in [9.17, 15) is 14.9 Å². The lowest BCUT2D eigenvalue weighted by molar-refractivity contribution is -0.387. The van der Waals surface area contributed by atoms with Crippen molar-refractivity contribution >= 4 is 29.6 Å². The molecule has 3 rings (SSSR count). The fourth-order valence-electron chi connectivity index (χ4n) is 2.58. The van der Waals surface area contributed by atoms with Crippen LogP contribution in [-0.4, -0.2) is 17.0 Å². The summed E-state index contributed by atoms with van der Waals surface area (Å²) in [6.45, 7) is 1.99. The number of hydrogen-bond acceptors (Lipinski definition) is 5. The van der Waals surface area contributed by atoms with Crippen molar-refractivity contribution in [3.05, 3.63) is 99.6 Å².